The number of nitrogens with one attached hydrogen (secondary N) is 1. The third-order valence-corrected chi connectivity index (χ3v) is 3.36. The zero-order valence-electron chi connectivity index (χ0n) is 10.8. The van der Waals surface area contributed by atoms with Gasteiger partial charge in [-0.3, -0.25) is 9.48 Å². The topological polar surface area (TPSA) is 77.6 Å². The lowest BCUT2D eigenvalue weighted by molar-refractivity contribution is -0.122. The number of carbonyl (C=O) groups excluding carboxylic acids is 1. The van der Waals surface area contributed by atoms with Crippen LogP contribution in [-0.4, -0.2) is 36.5 Å². The number of hydrogen-bond acceptors (Lipinski definition) is 4. The lowest BCUT2D eigenvalue weighted by Gasteiger charge is -2.24. The molecule has 1 aliphatic rings. The molecule has 3 heterocycles. The third-order valence-electron chi connectivity index (χ3n) is 3.36. The number of amides is 1. The van der Waals surface area contributed by atoms with E-state index in [0.29, 0.717) is 0 Å². The molecule has 0 radical (unpaired) electrons. The van der Waals surface area contributed by atoms with Crippen LogP contribution in [0.15, 0.2) is 18.5 Å². The molecule has 7 heteroatoms. The van der Waals surface area contributed by atoms with Crippen molar-refractivity contribution < 1.29 is 4.79 Å². The predicted molar refractivity (Wildman–Crippen MR) is 67.2 cm³/mol. The first-order valence-corrected chi connectivity index (χ1v) is 6.38. The van der Waals surface area contributed by atoms with Gasteiger partial charge >= 0.3 is 0 Å². The van der Waals surface area contributed by atoms with Gasteiger partial charge in [-0.05, 0) is 19.4 Å². The van der Waals surface area contributed by atoms with Crippen LogP contribution in [0.4, 0.5) is 0 Å². The molecule has 0 unspecified atom stereocenters. The highest BCUT2D eigenvalue weighted by Gasteiger charge is 2.22. The average Bonchev–Trinajstić information content (AvgIpc) is 3.00. The van der Waals surface area contributed by atoms with Crippen LogP contribution in [0.3, 0.4) is 0 Å². The maximum Gasteiger partial charge on any atom is 0.242 e. The van der Waals surface area contributed by atoms with Crippen molar-refractivity contribution in [1.82, 2.24) is 29.9 Å². The van der Waals surface area contributed by atoms with Crippen LogP contribution < -0.4 is 5.32 Å². The van der Waals surface area contributed by atoms with Gasteiger partial charge in [-0.25, -0.2) is 0 Å². The second kappa shape index (κ2) is 4.83. The summed E-state index contributed by atoms with van der Waals surface area (Å²) in [6.45, 7) is 2.95. The number of aromatic nitrogens is 5. The van der Waals surface area contributed by atoms with E-state index in [9.17, 15) is 4.79 Å². The summed E-state index contributed by atoms with van der Waals surface area (Å²) in [6.07, 6.45) is 5.21. The number of aryl methyl sites for hydroxylation is 2. The molecule has 0 spiro atoms. The number of hydrogen-bond donors (Lipinski definition) is 1. The molecular formula is C12H16N6O. The average molecular weight is 260 g/mol. The summed E-state index contributed by atoms with van der Waals surface area (Å²) in [7, 11) is 0. The third kappa shape index (κ3) is 2.49. The van der Waals surface area contributed by atoms with Crippen LogP contribution in [0, 0.1) is 6.92 Å². The molecule has 0 fully saturated rings. The van der Waals surface area contributed by atoms with Gasteiger partial charge in [0.15, 0.2) is 0 Å². The van der Waals surface area contributed by atoms with Crippen LogP contribution in [-0.2, 0) is 24.3 Å². The van der Waals surface area contributed by atoms with Crippen molar-refractivity contribution in [3.63, 3.8) is 0 Å². The molecule has 0 aliphatic carbocycles. The van der Waals surface area contributed by atoms with E-state index >= 15 is 0 Å². The van der Waals surface area contributed by atoms with Gasteiger partial charge in [-0.1, -0.05) is 0 Å². The molecule has 0 aromatic carbocycles. The van der Waals surface area contributed by atoms with Crippen LogP contribution in [0.1, 0.15) is 18.1 Å². The molecule has 0 bridgehead atoms. The zero-order valence-corrected chi connectivity index (χ0v) is 10.8. The van der Waals surface area contributed by atoms with Crippen molar-refractivity contribution in [1.29, 1.82) is 0 Å². The van der Waals surface area contributed by atoms with E-state index in [0.717, 1.165) is 31.0 Å². The normalized spacial score (nSPS) is 18.1. The Kier molecular flexibility index (Phi) is 3.02. The molecule has 100 valence electrons. The molecule has 1 N–H and O–H groups in total. The molecule has 1 amide bonds. The standard InChI is InChI=1S/C12H16N6O/c1-9-15-16-11-4-3-10(7-18(9)11)14-12(19)8-17-6-2-5-13-17/h2,5-6,10H,3-4,7-8H2,1H3,(H,14,19)/t10-/m1/s1. The minimum atomic E-state index is -0.0112. The largest absolute Gasteiger partial charge is 0.350 e. The predicted octanol–water partition coefficient (Wildman–Crippen LogP) is -0.0858. The minimum absolute atomic E-state index is 0.0112. The highest BCUT2D eigenvalue weighted by Crippen LogP contribution is 2.14. The molecule has 1 atom stereocenters. The Balaban J connectivity index is 1.60. The summed E-state index contributed by atoms with van der Waals surface area (Å²) in [6, 6.07) is 1.95. The molecule has 7 nitrogen and oxygen atoms in total. The maximum absolute atomic E-state index is 11.9. The molecule has 3 rings (SSSR count). The first-order valence-electron chi connectivity index (χ1n) is 6.38. The Labute approximate surface area is 110 Å². The van der Waals surface area contributed by atoms with Crippen molar-refractivity contribution in [2.24, 2.45) is 0 Å². The first kappa shape index (κ1) is 11.9. The van der Waals surface area contributed by atoms with Crippen LogP contribution in [0.2, 0.25) is 0 Å². The van der Waals surface area contributed by atoms with Gasteiger partial charge < -0.3 is 9.88 Å². The van der Waals surface area contributed by atoms with E-state index < -0.39 is 0 Å². The van der Waals surface area contributed by atoms with E-state index in [1.165, 1.54) is 0 Å². The molecule has 0 saturated carbocycles. The molecule has 19 heavy (non-hydrogen) atoms. The Morgan fingerprint density at radius 3 is 3.21 bits per heavy atom. The van der Waals surface area contributed by atoms with Crippen LogP contribution >= 0.6 is 0 Å². The summed E-state index contributed by atoms with van der Waals surface area (Å²) < 4.78 is 3.69. The smallest absolute Gasteiger partial charge is 0.242 e. The van der Waals surface area contributed by atoms with Crippen molar-refractivity contribution in [2.45, 2.75) is 38.9 Å². The number of nitrogens with zero attached hydrogens (tertiary/aromatic N) is 5. The quantitative estimate of drug-likeness (QED) is 0.837. The zero-order chi connectivity index (χ0) is 13.2. The van der Waals surface area contributed by atoms with Crippen molar-refractivity contribution >= 4 is 5.91 Å². The Hall–Kier alpha value is -2.18. The first-order chi connectivity index (χ1) is 9.22. The van der Waals surface area contributed by atoms with E-state index in [1.807, 2.05) is 6.92 Å². The molecule has 0 saturated heterocycles. The number of rotatable bonds is 3. The van der Waals surface area contributed by atoms with Gasteiger partial charge in [-0.2, -0.15) is 5.10 Å². The fraction of sp³-hybridized carbons (Fsp3) is 0.500. The molecule has 2 aromatic rings. The second-order valence-corrected chi connectivity index (χ2v) is 4.78. The number of carbonyl (C=O) groups is 1. The summed E-state index contributed by atoms with van der Waals surface area (Å²) in [5.41, 5.74) is 0. The van der Waals surface area contributed by atoms with Crippen LogP contribution in [0.25, 0.3) is 0 Å². The fourth-order valence-electron chi connectivity index (χ4n) is 2.39. The maximum atomic E-state index is 11.9. The summed E-state index contributed by atoms with van der Waals surface area (Å²) in [5, 5.41) is 15.2. The summed E-state index contributed by atoms with van der Waals surface area (Å²) in [5.74, 6) is 1.90. The minimum Gasteiger partial charge on any atom is -0.350 e. The Bertz CT molecular complexity index is 573. The summed E-state index contributed by atoms with van der Waals surface area (Å²) >= 11 is 0. The second-order valence-electron chi connectivity index (χ2n) is 4.78. The van der Waals surface area contributed by atoms with Gasteiger partial charge in [0.05, 0.1) is 0 Å². The molecule has 1 aliphatic heterocycles. The van der Waals surface area contributed by atoms with Crippen LogP contribution in [0.5, 0.6) is 0 Å². The number of fused-ring (bicyclic) bond motifs is 1. The lowest BCUT2D eigenvalue weighted by atomic mass is 10.1. The lowest BCUT2D eigenvalue weighted by Crippen LogP contribution is -2.42. The van der Waals surface area contributed by atoms with E-state index in [1.54, 1.807) is 23.1 Å². The van der Waals surface area contributed by atoms with Crippen molar-refractivity contribution in [2.75, 3.05) is 0 Å². The van der Waals surface area contributed by atoms with Gasteiger partial charge in [-0.15, -0.1) is 10.2 Å². The highest BCUT2D eigenvalue weighted by molar-refractivity contribution is 5.75. The monoisotopic (exact) mass is 260 g/mol. The molecular weight excluding hydrogens is 244 g/mol. The van der Waals surface area contributed by atoms with E-state index in [-0.39, 0.29) is 18.5 Å². The van der Waals surface area contributed by atoms with E-state index in [4.69, 9.17) is 0 Å². The molecule has 2 aromatic heterocycles. The van der Waals surface area contributed by atoms with Crippen molar-refractivity contribution in [3.05, 3.63) is 30.1 Å². The highest BCUT2D eigenvalue weighted by atomic mass is 16.2. The van der Waals surface area contributed by atoms with Gasteiger partial charge in [0.25, 0.3) is 0 Å². The Morgan fingerprint density at radius 1 is 1.53 bits per heavy atom. The van der Waals surface area contributed by atoms with E-state index in [2.05, 4.69) is 25.2 Å². The van der Waals surface area contributed by atoms with Gasteiger partial charge in [0.1, 0.15) is 18.2 Å². The SMILES string of the molecule is Cc1nnc2n1C[C@H](NC(=O)Cn1cccn1)CC2. The summed E-state index contributed by atoms with van der Waals surface area (Å²) in [4.78, 5) is 11.9. The van der Waals surface area contributed by atoms with Gasteiger partial charge in [0.2, 0.25) is 5.91 Å². The fourth-order valence-corrected chi connectivity index (χ4v) is 2.39. The van der Waals surface area contributed by atoms with Gasteiger partial charge in [0, 0.05) is 31.4 Å². The van der Waals surface area contributed by atoms with Crippen molar-refractivity contribution in [3.8, 4) is 0 Å². The Morgan fingerprint density at radius 2 is 2.42 bits per heavy atom.